The summed E-state index contributed by atoms with van der Waals surface area (Å²) in [4.78, 5) is 25.9. The Morgan fingerprint density at radius 3 is 2.59 bits per heavy atom. The van der Waals surface area contributed by atoms with Crippen molar-refractivity contribution in [2.24, 2.45) is 0 Å². The summed E-state index contributed by atoms with van der Waals surface area (Å²) >= 11 is 1.51. The Morgan fingerprint density at radius 1 is 1.12 bits per heavy atom. The average Bonchev–Trinajstić information content (AvgIpc) is 3.29. The number of rotatable bonds is 3. The van der Waals surface area contributed by atoms with Gasteiger partial charge in [0, 0.05) is 31.1 Å². The van der Waals surface area contributed by atoms with Crippen molar-refractivity contribution in [1.82, 2.24) is 34.7 Å². The molecule has 5 rings (SSSR count). The van der Waals surface area contributed by atoms with Gasteiger partial charge < -0.3 is 9.88 Å². The van der Waals surface area contributed by atoms with Gasteiger partial charge in [0.05, 0.1) is 11.9 Å². The number of halogens is 3. The molecular weight excluding hydrogens is 445 g/mol. The number of anilines is 1. The minimum absolute atomic E-state index is 0.0455. The molecule has 168 valence electrons. The number of H-pyrrole nitrogens is 1. The number of hydrogen-bond acceptors (Lipinski definition) is 8. The Bertz CT molecular complexity index is 1370. The number of fused-ring (bicyclic) bond motifs is 2. The third-order valence-electron chi connectivity index (χ3n) is 5.66. The molecule has 0 atom stereocenters. The first kappa shape index (κ1) is 20.8. The second kappa shape index (κ2) is 7.52. The smallest absolute Gasteiger partial charge is 0.353 e. The summed E-state index contributed by atoms with van der Waals surface area (Å²) in [6, 6.07) is 3.13. The predicted octanol–water partition coefficient (Wildman–Crippen LogP) is 2.38. The molecule has 9 nitrogen and oxygen atoms in total. The molecule has 32 heavy (non-hydrogen) atoms. The van der Waals surface area contributed by atoms with Crippen LogP contribution >= 0.6 is 11.3 Å². The number of nitrogens with zero attached hydrogens (tertiary/aromatic N) is 7. The van der Waals surface area contributed by atoms with E-state index in [9.17, 15) is 18.0 Å². The zero-order chi connectivity index (χ0) is 22.6. The minimum atomic E-state index is -4.63. The lowest BCUT2D eigenvalue weighted by Gasteiger charge is -2.34. The van der Waals surface area contributed by atoms with E-state index in [1.165, 1.54) is 17.4 Å². The highest BCUT2D eigenvalue weighted by Gasteiger charge is 2.38. The Hall–Kier alpha value is -3.06. The van der Waals surface area contributed by atoms with E-state index in [0.29, 0.717) is 49.8 Å². The normalized spacial score (nSPS) is 15.8. The third-order valence-corrected chi connectivity index (χ3v) is 6.76. The van der Waals surface area contributed by atoms with Crippen LogP contribution < -0.4 is 10.5 Å². The van der Waals surface area contributed by atoms with Crippen molar-refractivity contribution in [1.29, 1.82) is 0 Å². The van der Waals surface area contributed by atoms with Crippen molar-refractivity contribution in [3.05, 3.63) is 44.6 Å². The molecule has 1 aliphatic heterocycles. The number of nitrogens with one attached hydrogen (secondary N) is 1. The van der Waals surface area contributed by atoms with E-state index in [1.807, 2.05) is 18.7 Å². The van der Waals surface area contributed by atoms with Gasteiger partial charge in [-0.1, -0.05) is 0 Å². The van der Waals surface area contributed by atoms with Gasteiger partial charge in [-0.3, -0.25) is 9.69 Å². The highest BCUT2D eigenvalue weighted by Crippen LogP contribution is 2.28. The zero-order valence-electron chi connectivity index (χ0n) is 17.3. The van der Waals surface area contributed by atoms with Crippen molar-refractivity contribution >= 4 is 33.0 Å². The van der Waals surface area contributed by atoms with Gasteiger partial charge >= 0.3 is 6.18 Å². The molecule has 0 saturated carbocycles. The highest BCUT2D eigenvalue weighted by atomic mass is 32.1. The molecule has 13 heteroatoms. The van der Waals surface area contributed by atoms with E-state index in [0.717, 1.165) is 19.8 Å². The van der Waals surface area contributed by atoms with Crippen LogP contribution in [-0.2, 0) is 12.7 Å². The quantitative estimate of drug-likeness (QED) is 0.497. The topological polar surface area (TPSA) is 95.3 Å². The van der Waals surface area contributed by atoms with Gasteiger partial charge in [0.2, 0.25) is 0 Å². The molecule has 5 heterocycles. The van der Waals surface area contributed by atoms with Gasteiger partial charge in [-0.2, -0.15) is 17.7 Å². The fraction of sp³-hybridized carbons (Fsp3) is 0.421. The second-order valence-corrected chi connectivity index (χ2v) is 8.93. The van der Waals surface area contributed by atoms with Gasteiger partial charge in [0.15, 0.2) is 5.65 Å². The van der Waals surface area contributed by atoms with E-state index in [-0.39, 0.29) is 11.2 Å². The first-order valence-electron chi connectivity index (χ1n) is 9.96. The van der Waals surface area contributed by atoms with Crippen molar-refractivity contribution in [3.63, 3.8) is 0 Å². The third kappa shape index (κ3) is 3.60. The fourth-order valence-electron chi connectivity index (χ4n) is 3.85. The van der Waals surface area contributed by atoms with E-state index < -0.39 is 12.0 Å². The van der Waals surface area contributed by atoms with E-state index in [1.54, 1.807) is 6.07 Å². The largest absolute Gasteiger partial charge is 0.453 e. The molecule has 0 unspecified atom stereocenters. The van der Waals surface area contributed by atoms with Crippen LogP contribution in [0, 0.1) is 13.8 Å². The fourth-order valence-corrected chi connectivity index (χ4v) is 4.89. The van der Waals surface area contributed by atoms with Gasteiger partial charge in [-0.05, 0) is 31.5 Å². The Labute approximate surface area is 183 Å². The number of hydrogen-bond donors (Lipinski definition) is 1. The summed E-state index contributed by atoms with van der Waals surface area (Å²) in [7, 11) is 0. The molecule has 0 spiro atoms. The lowest BCUT2D eigenvalue weighted by atomic mass is 10.2. The van der Waals surface area contributed by atoms with Crippen LogP contribution in [0.15, 0.2) is 16.9 Å². The van der Waals surface area contributed by atoms with Crippen LogP contribution in [-0.4, -0.2) is 60.9 Å². The van der Waals surface area contributed by atoms with E-state index in [2.05, 4.69) is 30.2 Å². The molecular formula is C19H19F3N8OS. The van der Waals surface area contributed by atoms with Crippen LogP contribution in [0.25, 0.3) is 15.9 Å². The molecule has 1 aliphatic rings. The zero-order valence-corrected chi connectivity index (χ0v) is 18.1. The number of alkyl halides is 3. The number of aryl methyl sites for hydroxylation is 2. The van der Waals surface area contributed by atoms with Crippen molar-refractivity contribution in [2.45, 2.75) is 26.6 Å². The number of aromatic amines is 1. The maximum atomic E-state index is 13.1. The van der Waals surface area contributed by atoms with E-state index >= 15 is 0 Å². The number of piperazine rings is 1. The summed E-state index contributed by atoms with van der Waals surface area (Å²) in [6.45, 7) is 6.84. The lowest BCUT2D eigenvalue weighted by Crippen LogP contribution is -2.46. The summed E-state index contributed by atoms with van der Waals surface area (Å²) in [5.41, 5.74) is 0.881. The molecule has 0 amide bonds. The molecule has 0 aromatic carbocycles. The lowest BCUT2D eigenvalue weighted by molar-refractivity contribution is -0.146. The van der Waals surface area contributed by atoms with Gasteiger partial charge in [-0.25, -0.2) is 4.98 Å². The molecule has 1 fully saturated rings. The maximum Gasteiger partial charge on any atom is 0.453 e. The Balaban J connectivity index is 1.30. The standard InChI is InChI=1S/C19H19F3N8OS/c1-10-11(2)32-17-15(10)16(31)23-12(24-17)9-28-5-7-29(8-6-28)14-4-3-13-25-26-18(19(20,21)22)30(13)27-14/h3-4H,5-9H2,1-2H3,(H,23,24,31). The molecule has 4 aromatic heterocycles. The summed E-state index contributed by atoms with van der Waals surface area (Å²) < 4.78 is 40.1. The molecule has 0 radical (unpaired) electrons. The highest BCUT2D eigenvalue weighted by molar-refractivity contribution is 7.18. The molecule has 0 aliphatic carbocycles. The Morgan fingerprint density at radius 2 is 1.88 bits per heavy atom. The Kier molecular flexibility index (Phi) is 4.89. The number of thiophene rings is 1. The minimum Gasteiger partial charge on any atom is -0.353 e. The first-order chi connectivity index (χ1) is 15.2. The summed E-state index contributed by atoms with van der Waals surface area (Å²) in [5.74, 6) is -0.103. The van der Waals surface area contributed by atoms with Crippen LogP contribution in [0.2, 0.25) is 0 Å². The average molecular weight is 464 g/mol. The molecule has 1 N–H and O–H groups in total. The van der Waals surface area contributed by atoms with E-state index in [4.69, 9.17) is 0 Å². The van der Waals surface area contributed by atoms with Crippen molar-refractivity contribution in [2.75, 3.05) is 31.1 Å². The van der Waals surface area contributed by atoms with Crippen molar-refractivity contribution < 1.29 is 13.2 Å². The predicted molar refractivity (Wildman–Crippen MR) is 113 cm³/mol. The molecule has 4 aromatic rings. The second-order valence-electron chi connectivity index (χ2n) is 7.72. The summed E-state index contributed by atoms with van der Waals surface area (Å²) in [5, 5.41) is 11.5. The molecule has 1 saturated heterocycles. The van der Waals surface area contributed by atoms with Crippen LogP contribution in [0.4, 0.5) is 19.0 Å². The van der Waals surface area contributed by atoms with Crippen molar-refractivity contribution in [3.8, 4) is 0 Å². The molecule has 0 bridgehead atoms. The van der Waals surface area contributed by atoms with Crippen LogP contribution in [0.5, 0.6) is 0 Å². The maximum absolute atomic E-state index is 13.1. The van der Waals surface area contributed by atoms with Gasteiger partial charge in [0.1, 0.15) is 16.5 Å². The van der Waals surface area contributed by atoms with Crippen LogP contribution in [0.1, 0.15) is 22.1 Å². The summed E-state index contributed by atoms with van der Waals surface area (Å²) in [6.07, 6.45) is -4.63. The van der Waals surface area contributed by atoms with Gasteiger partial charge in [-0.15, -0.1) is 26.6 Å². The number of aromatic nitrogens is 6. The SMILES string of the molecule is Cc1sc2nc(CN3CCN(c4ccc5nnc(C(F)(F)F)n5n4)CC3)[nH]c(=O)c2c1C. The van der Waals surface area contributed by atoms with Gasteiger partial charge in [0.25, 0.3) is 11.4 Å². The first-order valence-corrected chi connectivity index (χ1v) is 10.8. The van der Waals surface area contributed by atoms with Crippen LogP contribution in [0.3, 0.4) is 0 Å². The monoisotopic (exact) mass is 464 g/mol.